The normalized spacial score (nSPS) is 11.7. The zero-order valence-corrected chi connectivity index (χ0v) is 26.4. The second kappa shape index (κ2) is 17.7. The molecule has 216 valence electrons. The summed E-state index contributed by atoms with van der Waals surface area (Å²) in [6.07, 6.45) is 25.5. The van der Waals surface area contributed by atoms with E-state index >= 15 is 0 Å². The third kappa shape index (κ3) is 8.55. The molecule has 0 saturated carbocycles. The Kier molecular flexibility index (Phi) is 14.4. The second-order valence-electron chi connectivity index (χ2n) is 12.0. The van der Waals surface area contributed by atoms with Crippen molar-refractivity contribution in [3.05, 3.63) is 52.2 Å². The first-order chi connectivity index (χ1) is 19.2. The Labute approximate surface area is 241 Å². The summed E-state index contributed by atoms with van der Waals surface area (Å²) < 4.78 is 0. The summed E-state index contributed by atoms with van der Waals surface area (Å²) in [6.45, 7) is 11.7. The van der Waals surface area contributed by atoms with Crippen molar-refractivity contribution in [2.45, 2.75) is 163 Å². The minimum Gasteiger partial charge on any atom is -0.252 e. The van der Waals surface area contributed by atoms with Crippen molar-refractivity contribution in [2.75, 3.05) is 0 Å². The summed E-state index contributed by atoms with van der Waals surface area (Å²) in [5, 5.41) is 4.47. The molecule has 0 aliphatic carbocycles. The third-order valence-corrected chi connectivity index (χ3v) is 8.81. The van der Waals surface area contributed by atoms with Gasteiger partial charge in [-0.3, -0.25) is 4.98 Å². The van der Waals surface area contributed by atoms with E-state index in [2.05, 4.69) is 58.9 Å². The average molecular weight is 530 g/mol. The van der Waals surface area contributed by atoms with Gasteiger partial charge in [0, 0.05) is 16.5 Å². The van der Waals surface area contributed by atoms with Gasteiger partial charge < -0.3 is 0 Å². The number of hydrogen-bond acceptors (Lipinski definition) is 1. The zero-order chi connectivity index (χ0) is 27.9. The molecule has 1 nitrogen and oxygen atoms in total. The lowest BCUT2D eigenvalue weighted by Gasteiger charge is -2.24. The molecule has 0 fully saturated rings. The van der Waals surface area contributed by atoms with Crippen LogP contribution in [0.25, 0.3) is 21.7 Å². The van der Waals surface area contributed by atoms with Gasteiger partial charge in [0.25, 0.3) is 0 Å². The summed E-state index contributed by atoms with van der Waals surface area (Å²) in [5.74, 6) is 0. The third-order valence-electron chi connectivity index (χ3n) is 8.81. The summed E-state index contributed by atoms with van der Waals surface area (Å²) in [5.41, 5.74) is 9.43. The van der Waals surface area contributed by atoms with Gasteiger partial charge in [-0.15, -0.1) is 0 Å². The number of fused-ring (bicyclic) bond motifs is 3. The van der Waals surface area contributed by atoms with Crippen LogP contribution in [0.1, 0.15) is 159 Å². The first kappa shape index (κ1) is 31.6. The highest BCUT2D eigenvalue weighted by molar-refractivity contribution is 6.10. The lowest BCUT2D eigenvalue weighted by Crippen LogP contribution is -2.10. The van der Waals surface area contributed by atoms with Crippen LogP contribution in [0.4, 0.5) is 0 Å². The van der Waals surface area contributed by atoms with E-state index in [0.29, 0.717) is 0 Å². The Morgan fingerprint density at radius 3 is 1.36 bits per heavy atom. The summed E-state index contributed by atoms with van der Waals surface area (Å²) in [7, 11) is 0. The highest BCUT2D eigenvalue weighted by atomic mass is 14.7. The molecule has 0 aliphatic rings. The largest absolute Gasteiger partial charge is 0.252 e. The molecule has 0 atom stereocenters. The Hall–Kier alpha value is -1.89. The Bertz CT molecular complexity index is 1120. The fourth-order valence-electron chi connectivity index (χ4n) is 6.60. The van der Waals surface area contributed by atoms with Crippen LogP contribution in [-0.4, -0.2) is 4.98 Å². The Morgan fingerprint density at radius 1 is 0.436 bits per heavy atom. The van der Waals surface area contributed by atoms with Gasteiger partial charge in [0.1, 0.15) is 0 Å². The van der Waals surface area contributed by atoms with E-state index in [1.165, 1.54) is 144 Å². The van der Waals surface area contributed by atoms with Crippen molar-refractivity contribution in [3.8, 4) is 0 Å². The molecule has 2 aromatic carbocycles. The van der Waals surface area contributed by atoms with Gasteiger partial charge in [0.2, 0.25) is 0 Å². The molecule has 0 saturated heterocycles. The SMILES string of the molecule is CCCCCc1nc2c(c(CCCCC)c1CCCCC)c(CCCCC)c(CCCCC)c1ccccc12. The van der Waals surface area contributed by atoms with Crippen molar-refractivity contribution in [2.24, 2.45) is 0 Å². The van der Waals surface area contributed by atoms with Crippen LogP contribution in [-0.2, 0) is 32.1 Å². The molecule has 3 aromatic rings. The number of rotatable bonds is 20. The number of aryl methyl sites for hydroxylation is 4. The van der Waals surface area contributed by atoms with Gasteiger partial charge in [-0.2, -0.15) is 0 Å². The van der Waals surface area contributed by atoms with E-state index in [4.69, 9.17) is 4.98 Å². The van der Waals surface area contributed by atoms with Crippen molar-refractivity contribution in [1.82, 2.24) is 4.98 Å². The van der Waals surface area contributed by atoms with Crippen LogP contribution in [0.5, 0.6) is 0 Å². The topological polar surface area (TPSA) is 12.9 Å². The number of aromatic nitrogens is 1. The van der Waals surface area contributed by atoms with Crippen LogP contribution < -0.4 is 0 Å². The van der Waals surface area contributed by atoms with Crippen molar-refractivity contribution in [3.63, 3.8) is 0 Å². The van der Waals surface area contributed by atoms with Gasteiger partial charge in [-0.05, 0) is 91.8 Å². The lowest BCUT2D eigenvalue weighted by molar-refractivity contribution is 0.671. The van der Waals surface area contributed by atoms with E-state index < -0.39 is 0 Å². The maximum absolute atomic E-state index is 5.67. The number of nitrogens with zero attached hydrogens (tertiary/aromatic N) is 1. The number of benzene rings is 2. The molecular formula is C38H59N. The maximum atomic E-state index is 5.67. The monoisotopic (exact) mass is 529 g/mol. The van der Waals surface area contributed by atoms with Crippen LogP contribution >= 0.6 is 0 Å². The maximum Gasteiger partial charge on any atom is 0.0789 e. The zero-order valence-electron chi connectivity index (χ0n) is 26.4. The standard InChI is InChI=1S/C38H59N/c1-6-11-16-23-30-31-24-21-22-28-35(31)38-37(33(30)26-18-13-8-3)34(27-19-14-9-4)32(25-17-12-7-2)36(39-38)29-20-15-10-5/h21-22,24,28H,6-20,23,25-27,29H2,1-5H3. The minimum absolute atomic E-state index is 1.14. The summed E-state index contributed by atoms with van der Waals surface area (Å²) in [6, 6.07) is 9.30. The number of pyridine rings is 1. The molecular weight excluding hydrogens is 470 g/mol. The highest BCUT2D eigenvalue weighted by Crippen LogP contribution is 2.39. The van der Waals surface area contributed by atoms with Gasteiger partial charge in [-0.25, -0.2) is 0 Å². The second-order valence-corrected chi connectivity index (χ2v) is 12.0. The lowest BCUT2D eigenvalue weighted by atomic mass is 9.83. The Balaban J connectivity index is 2.37. The number of unbranched alkanes of at least 4 members (excludes halogenated alkanes) is 10. The van der Waals surface area contributed by atoms with Crippen LogP contribution in [0.3, 0.4) is 0 Å². The molecule has 3 rings (SSSR count). The molecule has 39 heavy (non-hydrogen) atoms. The van der Waals surface area contributed by atoms with Crippen molar-refractivity contribution < 1.29 is 0 Å². The van der Waals surface area contributed by atoms with Gasteiger partial charge in [-0.1, -0.05) is 123 Å². The van der Waals surface area contributed by atoms with Gasteiger partial charge >= 0.3 is 0 Å². The van der Waals surface area contributed by atoms with Crippen molar-refractivity contribution >= 4 is 21.7 Å². The fraction of sp³-hybridized carbons (Fsp3) is 0.658. The summed E-state index contributed by atoms with van der Waals surface area (Å²) >= 11 is 0. The molecule has 0 bridgehead atoms. The van der Waals surface area contributed by atoms with Crippen LogP contribution in [0, 0.1) is 0 Å². The van der Waals surface area contributed by atoms with Crippen LogP contribution in [0.2, 0.25) is 0 Å². The van der Waals surface area contributed by atoms with E-state index in [1.54, 1.807) is 27.6 Å². The first-order valence-corrected chi connectivity index (χ1v) is 17.1. The Morgan fingerprint density at radius 2 is 0.846 bits per heavy atom. The molecule has 0 N–H and O–H groups in total. The molecule has 1 heterocycles. The van der Waals surface area contributed by atoms with Crippen LogP contribution in [0.15, 0.2) is 24.3 Å². The highest BCUT2D eigenvalue weighted by Gasteiger charge is 2.22. The molecule has 0 amide bonds. The van der Waals surface area contributed by atoms with E-state index in [9.17, 15) is 0 Å². The predicted molar refractivity (Wildman–Crippen MR) is 175 cm³/mol. The van der Waals surface area contributed by atoms with Gasteiger partial charge in [0.05, 0.1) is 5.52 Å². The van der Waals surface area contributed by atoms with Gasteiger partial charge in [0.15, 0.2) is 0 Å². The quantitative estimate of drug-likeness (QED) is 0.105. The minimum atomic E-state index is 1.14. The van der Waals surface area contributed by atoms with Crippen molar-refractivity contribution in [1.29, 1.82) is 0 Å². The predicted octanol–water partition coefficient (Wildman–Crippen LogP) is 12.1. The average Bonchev–Trinajstić information content (AvgIpc) is 2.95. The molecule has 0 aliphatic heterocycles. The molecule has 1 aromatic heterocycles. The molecule has 0 spiro atoms. The first-order valence-electron chi connectivity index (χ1n) is 17.1. The fourth-order valence-corrected chi connectivity index (χ4v) is 6.60. The molecule has 0 unspecified atom stereocenters. The molecule has 1 heteroatoms. The summed E-state index contributed by atoms with van der Waals surface area (Å²) in [4.78, 5) is 5.67. The molecule has 0 radical (unpaired) electrons. The van der Waals surface area contributed by atoms with E-state index in [-0.39, 0.29) is 0 Å². The smallest absolute Gasteiger partial charge is 0.0789 e. The van der Waals surface area contributed by atoms with E-state index in [0.717, 1.165) is 6.42 Å². The number of hydrogen-bond donors (Lipinski definition) is 0. The van der Waals surface area contributed by atoms with E-state index in [1.807, 2.05) is 0 Å².